The number of hydrogen-bond donors (Lipinski definition) is 0. The van der Waals surface area contributed by atoms with E-state index < -0.39 is 0 Å². The van der Waals surface area contributed by atoms with Crippen molar-refractivity contribution in [3.8, 4) is 5.82 Å². The molecule has 2 rings (SSSR count). The summed E-state index contributed by atoms with van der Waals surface area (Å²) >= 11 is 3.42. The summed E-state index contributed by atoms with van der Waals surface area (Å²) in [5, 5.41) is 0. The van der Waals surface area contributed by atoms with Gasteiger partial charge in [0.15, 0.2) is 0 Å². The molecule has 0 amide bonds. The maximum Gasteiger partial charge on any atom is 0.141 e. The van der Waals surface area contributed by atoms with Crippen LogP contribution in [0.25, 0.3) is 5.82 Å². The van der Waals surface area contributed by atoms with Crippen LogP contribution >= 0.6 is 15.9 Å². The molecule has 0 atom stereocenters. The molecule has 2 heterocycles. The Labute approximate surface area is 104 Å². The molecular weight excluding hydrogens is 266 g/mol. The number of hydrogen-bond acceptors (Lipinski definition) is 2. The van der Waals surface area contributed by atoms with Crippen LogP contribution in [0.4, 0.5) is 0 Å². The van der Waals surface area contributed by atoms with Crippen molar-refractivity contribution in [1.82, 2.24) is 14.5 Å². The zero-order valence-corrected chi connectivity index (χ0v) is 11.0. The highest BCUT2D eigenvalue weighted by molar-refractivity contribution is 9.10. The molecule has 0 spiro atoms. The minimum absolute atomic E-state index is 0.962. The summed E-state index contributed by atoms with van der Waals surface area (Å²) < 4.78 is 3.07. The zero-order valence-electron chi connectivity index (χ0n) is 9.44. The van der Waals surface area contributed by atoms with Crippen LogP contribution in [0.5, 0.6) is 0 Å². The molecule has 0 aliphatic rings. The first-order chi connectivity index (χ1) is 7.72. The van der Waals surface area contributed by atoms with Gasteiger partial charge >= 0.3 is 0 Å². The van der Waals surface area contributed by atoms with E-state index in [1.807, 2.05) is 18.6 Å². The number of imidazole rings is 1. The van der Waals surface area contributed by atoms with E-state index in [1.54, 1.807) is 0 Å². The first-order valence-electron chi connectivity index (χ1n) is 5.37. The number of rotatable bonds is 3. The lowest BCUT2D eigenvalue weighted by Crippen LogP contribution is -2.04. The standard InChI is InChI=1S/C12H14BrN3/c1-3-4-11-14-5-6-16(11)12-9(2)7-10(13)8-15-12/h5-8H,3-4H2,1-2H3. The lowest BCUT2D eigenvalue weighted by atomic mass is 10.2. The Balaban J connectivity index is 2.46. The van der Waals surface area contributed by atoms with Crippen LogP contribution in [0, 0.1) is 6.92 Å². The highest BCUT2D eigenvalue weighted by Crippen LogP contribution is 2.18. The number of aryl methyl sites for hydroxylation is 2. The van der Waals surface area contributed by atoms with E-state index in [1.165, 1.54) is 0 Å². The molecule has 0 saturated heterocycles. The second-order valence-electron chi connectivity index (χ2n) is 3.76. The fourth-order valence-electron chi connectivity index (χ4n) is 1.72. The molecule has 3 nitrogen and oxygen atoms in total. The smallest absolute Gasteiger partial charge is 0.141 e. The lowest BCUT2D eigenvalue weighted by molar-refractivity contribution is 0.794. The van der Waals surface area contributed by atoms with E-state index >= 15 is 0 Å². The summed E-state index contributed by atoms with van der Waals surface area (Å²) in [4.78, 5) is 8.80. The van der Waals surface area contributed by atoms with Crippen molar-refractivity contribution in [2.24, 2.45) is 0 Å². The minimum Gasteiger partial charge on any atom is -0.288 e. The zero-order chi connectivity index (χ0) is 11.5. The average molecular weight is 280 g/mol. The maximum absolute atomic E-state index is 4.44. The molecule has 0 aliphatic carbocycles. The average Bonchev–Trinajstić information content (AvgIpc) is 2.67. The summed E-state index contributed by atoms with van der Waals surface area (Å²) in [5.41, 5.74) is 1.14. The summed E-state index contributed by atoms with van der Waals surface area (Å²) in [7, 11) is 0. The molecule has 0 aromatic carbocycles. The molecule has 0 aliphatic heterocycles. The van der Waals surface area contributed by atoms with E-state index in [2.05, 4.69) is 50.4 Å². The van der Waals surface area contributed by atoms with Crippen molar-refractivity contribution in [1.29, 1.82) is 0 Å². The van der Waals surface area contributed by atoms with Gasteiger partial charge in [-0.15, -0.1) is 0 Å². The fraction of sp³-hybridized carbons (Fsp3) is 0.333. The van der Waals surface area contributed by atoms with E-state index in [-0.39, 0.29) is 0 Å². The maximum atomic E-state index is 4.44. The van der Waals surface area contributed by atoms with Gasteiger partial charge in [0.1, 0.15) is 11.6 Å². The third kappa shape index (κ3) is 2.16. The molecule has 84 valence electrons. The summed E-state index contributed by atoms with van der Waals surface area (Å²) in [6.45, 7) is 4.21. The van der Waals surface area contributed by atoms with Crippen molar-refractivity contribution in [2.45, 2.75) is 26.7 Å². The van der Waals surface area contributed by atoms with Gasteiger partial charge in [0.2, 0.25) is 0 Å². The first kappa shape index (κ1) is 11.3. The van der Waals surface area contributed by atoms with Gasteiger partial charge in [0, 0.05) is 29.5 Å². The third-order valence-electron chi connectivity index (χ3n) is 2.44. The molecule has 2 aromatic heterocycles. The van der Waals surface area contributed by atoms with Crippen molar-refractivity contribution in [3.05, 3.63) is 40.5 Å². The molecule has 0 fully saturated rings. The van der Waals surface area contributed by atoms with E-state index in [4.69, 9.17) is 0 Å². The molecule has 0 N–H and O–H groups in total. The molecule has 0 unspecified atom stereocenters. The predicted molar refractivity (Wildman–Crippen MR) is 67.8 cm³/mol. The number of aromatic nitrogens is 3. The molecule has 0 bridgehead atoms. The molecule has 0 radical (unpaired) electrons. The first-order valence-corrected chi connectivity index (χ1v) is 6.16. The normalized spacial score (nSPS) is 10.7. The highest BCUT2D eigenvalue weighted by Gasteiger charge is 2.07. The minimum atomic E-state index is 0.962. The Morgan fingerprint density at radius 2 is 2.19 bits per heavy atom. The second-order valence-corrected chi connectivity index (χ2v) is 4.67. The van der Waals surface area contributed by atoms with Crippen molar-refractivity contribution in [3.63, 3.8) is 0 Å². The van der Waals surface area contributed by atoms with Crippen molar-refractivity contribution >= 4 is 15.9 Å². The van der Waals surface area contributed by atoms with Crippen LogP contribution in [0.2, 0.25) is 0 Å². The number of nitrogens with zero attached hydrogens (tertiary/aromatic N) is 3. The third-order valence-corrected chi connectivity index (χ3v) is 2.87. The topological polar surface area (TPSA) is 30.7 Å². The van der Waals surface area contributed by atoms with Gasteiger partial charge in [-0.1, -0.05) is 6.92 Å². The van der Waals surface area contributed by atoms with Crippen LogP contribution in [0.3, 0.4) is 0 Å². The lowest BCUT2D eigenvalue weighted by Gasteiger charge is -2.09. The molecule has 0 saturated carbocycles. The molecular formula is C12H14BrN3. The van der Waals surface area contributed by atoms with Crippen LogP contribution in [0.15, 0.2) is 29.1 Å². The second kappa shape index (κ2) is 4.78. The monoisotopic (exact) mass is 279 g/mol. The van der Waals surface area contributed by atoms with E-state index in [0.717, 1.165) is 34.5 Å². The molecule has 16 heavy (non-hydrogen) atoms. The molecule has 4 heteroatoms. The summed E-state index contributed by atoms with van der Waals surface area (Å²) in [5.74, 6) is 2.03. The van der Waals surface area contributed by atoms with Gasteiger partial charge in [0.25, 0.3) is 0 Å². The summed E-state index contributed by atoms with van der Waals surface area (Å²) in [6.07, 6.45) is 7.68. The van der Waals surface area contributed by atoms with Crippen LogP contribution in [-0.4, -0.2) is 14.5 Å². The Bertz CT molecular complexity index is 491. The van der Waals surface area contributed by atoms with Crippen molar-refractivity contribution in [2.75, 3.05) is 0 Å². The largest absolute Gasteiger partial charge is 0.288 e. The Morgan fingerprint density at radius 3 is 2.88 bits per heavy atom. The van der Waals surface area contributed by atoms with Crippen LogP contribution in [0.1, 0.15) is 24.7 Å². The van der Waals surface area contributed by atoms with Gasteiger partial charge in [-0.25, -0.2) is 9.97 Å². The van der Waals surface area contributed by atoms with Gasteiger partial charge < -0.3 is 0 Å². The van der Waals surface area contributed by atoms with Gasteiger partial charge in [0.05, 0.1) is 0 Å². The van der Waals surface area contributed by atoms with E-state index in [9.17, 15) is 0 Å². The SMILES string of the molecule is CCCc1nccn1-c1ncc(Br)cc1C. The Morgan fingerprint density at radius 1 is 1.38 bits per heavy atom. The van der Waals surface area contributed by atoms with Gasteiger partial charge in [-0.05, 0) is 40.9 Å². The predicted octanol–water partition coefficient (Wildman–Crippen LogP) is 3.29. The number of pyridine rings is 1. The Hall–Kier alpha value is -1.16. The quantitative estimate of drug-likeness (QED) is 0.863. The van der Waals surface area contributed by atoms with Crippen LogP contribution in [-0.2, 0) is 6.42 Å². The Kier molecular flexibility index (Phi) is 3.39. The van der Waals surface area contributed by atoms with Crippen LogP contribution < -0.4 is 0 Å². The fourth-order valence-corrected chi connectivity index (χ4v) is 2.17. The van der Waals surface area contributed by atoms with Gasteiger partial charge in [-0.3, -0.25) is 4.57 Å². The molecule has 2 aromatic rings. The van der Waals surface area contributed by atoms with Gasteiger partial charge in [-0.2, -0.15) is 0 Å². The summed E-state index contributed by atoms with van der Waals surface area (Å²) in [6, 6.07) is 2.07. The highest BCUT2D eigenvalue weighted by atomic mass is 79.9. The number of halogens is 1. The van der Waals surface area contributed by atoms with Crippen molar-refractivity contribution < 1.29 is 0 Å². The van der Waals surface area contributed by atoms with E-state index in [0.29, 0.717) is 0 Å².